The minimum Gasteiger partial charge on any atom is -0.482 e. The van der Waals surface area contributed by atoms with Crippen LogP contribution in [0.3, 0.4) is 0 Å². The molecule has 23 heavy (non-hydrogen) atoms. The van der Waals surface area contributed by atoms with Crippen molar-refractivity contribution in [2.75, 3.05) is 13.2 Å². The summed E-state index contributed by atoms with van der Waals surface area (Å²) < 4.78 is 10.4. The zero-order chi connectivity index (χ0) is 16.7. The number of carbonyl (C=O) groups excluding carboxylic acids is 2. The number of aryl methyl sites for hydroxylation is 1. The van der Waals surface area contributed by atoms with Crippen LogP contribution < -0.4 is 10.1 Å². The Morgan fingerprint density at radius 3 is 2.65 bits per heavy atom. The first kappa shape index (κ1) is 17.3. The van der Waals surface area contributed by atoms with E-state index in [2.05, 4.69) is 12.2 Å². The number of para-hydroxylation sites is 1. The molecule has 1 N–H and O–H groups in total. The predicted octanol–water partition coefficient (Wildman–Crippen LogP) is 2.61. The lowest BCUT2D eigenvalue weighted by Gasteiger charge is -2.29. The lowest BCUT2D eigenvalue weighted by Crippen LogP contribution is -2.43. The average molecular weight is 319 g/mol. The summed E-state index contributed by atoms with van der Waals surface area (Å²) in [4.78, 5) is 23.5. The van der Waals surface area contributed by atoms with E-state index in [9.17, 15) is 9.59 Å². The number of nitrogens with one attached hydrogen (secondary N) is 1. The number of hydrogen-bond acceptors (Lipinski definition) is 4. The maximum absolute atomic E-state index is 11.9. The van der Waals surface area contributed by atoms with E-state index in [0.29, 0.717) is 11.7 Å². The summed E-state index contributed by atoms with van der Waals surface area (Å²) in [6, 6.07) is 7.63. The third-order valence-corrected chi connectivity index (χ3v) is 4.26. The first-order chi connectivity index (χ1) is 11.1. The van der Waals surface area contributed by atoms with Gasteiger partial charge in [0.15, 0.2) is 13.2 Å². The van der Waals surface area contributed by atoms with Gasteiger partial charge in [0.25, 0.3) is 5.91 Å². The Kier molecular flexibility index (Phi) is 6.44. The van der Waals surface area contributed by atoms with Crippen molar-refractivity contribution in [3.63, 3.8) is 0 Å². The van der Waals surface area contributed by atoms with Crippen LogP contribution in [0, 0.1) is 12.8 Å². The van der Waals surface area contributed by atoms with E-state index in [0.717, 1.165) is 24.8 Å². The molecule has 0 spiro atoms. The number of esters is 1. The molecule has 0 radical (unpaired) electrons. The largest absolute Gasteiger partial charge is 0.482 e. The van der Waals surface area contributed by atoms with Gasteiger partial charge in [-0.25, -0.2) is 4.79 Å². The van der Waals surface area contributed by atoms with Gasteiger partial charge in [-0.3, -0.25) is 4.79 Å². The molecule has 0 aromatic heterocycles. The van der Waals surface area contributed by atoms with E-state index in [1.807, 2.05) is 25.1 Å². The molecule has 0 saturated heterocycles. The number of rotatable bonds is 6. The minimum absolute atomic E-state index is 0.193. The number of benzene rings is 1. The number of amides is 1. The van der Waals surface area contributed by atoms with Crippen molar-refractivity contribution in [1.82, 2.24) is 5.32 Å². The van der Waals surface area contributed by atoms with Gasteiger partial charge in [-0.05, 0) is 37.3 Å². The smallest absolute Gasteiger partial charge is 0.344 e. The molecular weight excluding hydrogens is 294 g/mol. The van der Waals surface area contributed by atoms with Crippen molar-refractivity contribution in [2.24, 2.45) is 5.92 Å². The molecule has 1 saturated carbocycles. The normalized spacial score (nSPS) is 20.6. The van der Waals surface area contributed by atoms with Crippen LogP contribution in [0.5, 0.6) is 5.75 Å². The Hall–Kier alpha value is -2.04. The van der Waals surface area contributed by atoms with E-state index in [4.69, 9.17) is 9.47 Å². The fourth-order valence-corrected chi connectivity index (χ4v) is 2.82. The van der Waals surface area contributed by atoms with Crippen LogP contribution in [0.25, 0.3) is 0 Å². The summed E-state index contributed by atoms with van der Waals surface area (Å²) in [5.41, 5.74) is 0.948. The number of hydrogen-bond donors (Lipinski definition) is 1. The van der Waals surface area contributed by atoms with Crippen LogP contribution in [-0.2, 0) is 14.3 Å². The van der Waals surface area contributed by atoms with Crippen LogP contribution >= 0.6 is 0 Å². The highest BCUT2D eigenvalue weighted by atomic mass is 16.6. The monoisotopic (exact) mass is 319 g/mol. The fraction of sp³-hybridized carbons (Fsp3) is 0.556. The van der Waals surface area contributed by atoms with E-state index in [1.54, 1.807) is 6.07 Å². The summed E-state index contributed by atoms with van der Waals surface area (Å²) >= 11 is 0. The minimum atomic E-state index is -0.542. The van der Waals surface area contributed by atoms with Gasteiger partial charge in [-0.2, -0.15) is 0 Å². The SMILES string of the molecule is Cc1ccccc1OCC(=O)OCC(=O)NC1CCCCC1C. The molecule has 2 unspecified atom stereocenters. The molecule has 1 aliphatic carbocycles. The van der Waals surface area contributed by atoms with Crippen LogP contribution in [-0.4, -0.2) is 31.1 Å². The molecule has 1 amide bonds. The maximum Gasteiger partial charge on any atom is 0.344 e. The molecule has 2 rings (SSSR count). The van der Waals surface area contributed by atoms with Crippen LogP contribution in [0.2, 0.25) is 0 Å². The van der Waals surface area contributed by atoms with E-state index < -0.39 is 5.97 Å². The van der Waals surface area contributed by atoms with Crippen LogP contribution in [0.1, 0.15) is 38.2 Å². The fourth-order valence-electron chi connectivity index (χ4n) is 2.82. The maximum atomic E-state index is 11.9. The first-order valence-electron chi connectivity index (χ1n) is 8.19. The molecule has 0 bridgehead atoms. The zero-order valence-corrected chi connectivity index (χ0v) is 13.8. The lowest BCUT2D eigenvalue weighted by atomic mass is 9.86. The van der Waals surface area contributed by atoms with Crippen molar-refractivity contribution in [3.05, 3.63) is 29.8 Å². The van der Waals surface area contributed by atoms with Gasteiger partial charge in [-0.1, -0.05) is 38.0 Å². The Balaban J connectivity index is 1.67. The van der Waals surface area contributed by atoms with Gasteiger partial charge in [0.2, 0.25) is 0 Å². The van der Waals surface area contributed by atoms with Crippen molar-refractivity contribution in [1.29, 1.82) is 0 Å². The highest BCUT2D eigenvalue weighted by molar-refractivity contribution is 5.81. The third kappa shape index (κ3) is 5.58. The Bertz CT molecular complexity index is 544. The highest BCUT2D eigenvalue weighted by Gasteiger charge is 2.23. The second-order valence-corrected chi connectivity index (χ2v) is 6.15. The summed E-state index contributed by atoms with van der Waals surface area (Å²) in [5, 5.41) is 2.95. The molecule has 0 heterocycles. The van der Waals surface area contributed by atoms with Crippen molar-refractivity contribution < 1.29 is 19.1 Å². The zero-order valence-electron chi connectivity index (χ0n) is 13.8. The molecule has 5 heteroatoms. The van der Waals surface area contributed by atoms with Gasteiger partial charge in [0, 0.05) is 6.04 Å². The average Bonchev–Trinajstić information content (AvgIpc) is 2.54. The summed E-state index contributed by atoms with van der Waals surface area (Å²) in [6.45, 7) is 3.60. The van der Waals surface area contributed by atoms with Crippen LogP contribution in [0.4, 0.5) is 0 Å². The van der Waals surface area contributed by atoms with E-state index in [-0.39, 0.29) is 25.2 Å². The lowest BCUT2D eigenvalue weighted by molar-refractivity contribution is -0.150. The predicted molar refractivity (Wildman–Crippen MR) is 87.2 cm³/mol. The molecular formula is C18H25NO4. The summed E-state index contributed by atoms with van der Waals surface area (Å²) in [6.07, 6.45) is 4.49. The second kappa shape index (κ2) is 8.56. The van der Waals surface area contributed by atoms with Gasteiger partial charge >= 0.3 is 5.97 Å². The first-order valence-corrected chi connectivity index (χ1v) is 8.19. The van der Waals surface area contributed by atoms with Gasteiger partial charge < -0.3 is 14.8 Å². The molecule has 1 aliphatic rings. The number of ether oxygens (including phenoxy) is 2. The van der Waals surface area contributed by atoms with Crippen molar-refractivity contribution in [2.45, 2.75) is 45.6 Å². The summed E-state index contributed by atoms with van der Waals surface area (Å²) in [7, 11) is 0. The second-order valence-electron chi connectivity index (χ2n) is 6.15. The van der Waals surface area contributed by atoms with Gasteiger partial charge in [0.1, 0.15) is 5.75 Å². The molecule has 1 aromatic carbocycles. The Morgan fingerprint density at radius 1 is 1.17 bits per heavy atom. The molecule has 0 aliphatic heterocycles. The van der Waals surface area contributed by atoms with Gasteiger partial charge in [-0.15, -0.1) is 0 Å². The topological polar surface area (TPSA) is 64.6 Å². The molecule has 126 valence electrons. The van der Waals surface area contributed by atoms with E-state index >= 15 is 0 Å². The highest BCUT2D eigenvalue weighted by Crippen LogP contribution is 2.23. The van der Waals surface area contributed by atoms with Crippen molar-refractivity contribution >= 4 is 11.9 Å². The molecule has 1 aromatic rings. The molecule has 2 atom stereocenters. The summed E-state index contributed by atoms with van der Waals surface area (Å²) in [5.74, 6) is 0.339. The Morgan fingerprint density at radius 2 is 1.91 bits per heavy atom. The Labute approximate surface area is 137 Å². The van der Waals surface area contributed by atoms with Crippen LogP contribution in [0.15, 0.2) is 24.3 Å². The van der Waals surface area contributed by atoms with E-state index in [1.165, 1.54) is 6.42 Å². The third-order valence-electron chi connectivity index (χ3n) is 4.26. The quantitative estimate of drug-likeness (QED) is 0.819. The standard InChI is InChI=1S/C18H25NO4/c1-13-7-3-5-9-15(13)19-17(20)11-23-18(21)12-22-16-10-6-4-8-14(16)2/h4,6,8,10,13,15H,3,5,7,9,11-12H2,1-2H3,(H,19,20). The van der Waals surface area contributed by atoms with Gasteiger partial charge in [0.05, 0.1) is 0 Å². The molecule has 1 fully saturated rings. The number of carbonyl (C=O) groups is 2. The van der Waals surface area contributed by atoms with Crippen molar-refractivity contribution in [3.8, 4) is 5.75 Å². The molecule has 5 nitrogen and oxygen atoms in total.